The Hall–Kier alpha value is -3.99. The van der Waals surface area contributed by atoms with E-state index < -0.39 is 5.82 Å². The van der Waals surface area contributed by atoms with Crippen LogP contribution in [0.5, 0.6) is 17.6 Å². The van der Waals surface area contributed by atoms with E-state index in [0.717, 1.165) is 12.3 Å². The van der Waals surface area contributed by atoms with E-state index in [0.29, 0.717) is 42.9 Å². The third-order valence-electron chi connectivity index (χ3n) is 5.38. The predicted molar refractivity (Wildman–Crippen MR) is 127 cm³/mol. The lowest BCUT2D eigenvalue weighted by atomic mass is 10.1. The van der Waals surface area contributed by atoms with E-state index in [2.05, 4.69) is 21.5 Å². The highest BCUT2D eigenvalue weighted by Gasteiger charge is 2.25. The second kappa shape index (κ2) is 9.48. The van der Waals surface area contributed by atoms with E-state index >= 15 is 0 Å². The van der Waals surface area contributed by atoms with Crippen LogP contribution in [-0.4, -0.2) is 65.3 Å². The van der Waals surface area contributed by atoms with Crippen LogP contribution >= 0.6 is 11.6 Å². The van der Waals surface area contributed by atoms with Crippen molar-refractivity contribution in [2.45, 2.75) is 0 Å². The normalized spacial score (nSPS) is 13.6. The minimum atomic E-state index is -0.792. The van der Waals surface area contributed by atoms with Crippen molar-refractivity contribution in [3.8, 4) is 17.6 Å². The fourth-order valence-corrected chi connectivity index (χ4v) is 3.85. The lowest BCUT2D eigenvalue weighted by Crippen LogP contribution is -2.48. The molecule has 34 heavy (non-hydrogen) atoms. The lowest BCUT2D eigenvalue weighted by Gasteiger charge is -2.35. The number of nitrogens with two attached hydrogens (primary N) is 1. The van der Waals surface area contributed by atoms with Crippen LogP contribution in [0.1, 0.15) is 5.56 Å². The maximum atomic E-state index is 14.2. The van der Waals surface area contributed by atoms with Crippen LogP contribution in [0.3, 0.4) is 0 Å². The molecule has 2 aromatic heterocycles. The molecule has 3 aromatic rings. The second-order valence-corrected chi connectivity index (χ2v) is 7.69. The number of ether oxygens (including phenoxy) is 2. The zero-order valence-electron chi connectivity index (χ0n) is 18.2. The quantitative estimate of drug-likeness (QED) is 0.309. The summed E-state index contributed by atoms with van der Waals surface area (Å²) in [6, 6.07) is 2.81. The van der Waals surface area contributed by atoms with Crippen molar-refractivity contribution in [2.24, 2.45) is 0 Å². The molecule has 0 unspecified atom stereocenters. The zero-order chi connectivity index (χ0) is 24.4. The van der Waals surface area contributed by atoms with E-state index in [1.165, 1.54) is 19.4 Å². The average Bonchev–Trinajstić information content (AvgIpc) is 2.86. The summed E-state index contributed by atoms with van der Waals surface area (Å²) >= 11 is 6.12. The fourth-order valence-electron chi connectivity index (χ4n) is 3.65. The van der Waals surface area contributed by atoms with Gasteiger partial charge in [-0.05, 0) is 18.2 Å². The van der Waals surface area contributed by atoms with Gasteiger partial charge in [-0.1, -0.05) is 18.2 Å². The van der Waals surface area contributed by atoms with Crippen LogP contribution in [0, 0.1) is 11.2 Å². The van der Waals surface area contributed by atoms with Gasteiger partial charge >= 0.3 is 6.01 Å². The maximum absolute atomic E-state index is 14.2. The Morgan fingerprint density at radius 1 is 1.32 bits per heavy atom. The second-order valence-electron chi connectivity index (χ2n) is 7.31. The van der Waals surface area contributed by atoms with Gasteiger partial charge < -0.3 is 30.4 Å². The monoisotopic (exact) mass is 485 g/mol. The van der Waals surface area contributed by atoms with Crippen LogP contribution in [0.2, 0.25) is 5.02 Å². The number of anilines is 2. The van der Waals surface area contributed by atoms with Gasteiger partial charge in [-0.25, -0.2) is 9.37 Å². The van der Waals surface area contributed by atoms with Gasteiger partial charge in [0.2, 0.25) is 11.8 Å². The summed E-state index contributed by atoms with van der Waals surface area (Å²) in [7, 11) is 1.43. The minimum Gasteiger partial charge on any atom is -0.467 e. The van der Waals surface area contributed by atoms with Crippen LogP contribution < -0.4 is 20.1 Å². The number of hydrogen-bond donors (Lipinski definition) is 2. The third kappa shape index (κ3) is 4.17. The summed E-state index contributed by atoms with van der Waals surface area (Å²) in [6.45, 7) is 5.57. The van der Waals surface area contributed by atoms with Gasteiger partial charge in [-0.3, -0.25) is 4.79 Å². The number of methoxy groups -OCH3 is 1. The van der Waals surface area contributed by atoms with Crippen molar-refractivity contribution in [3.63, 3.8) is 0 Å². The molecule has 10 nitrogen and oxygen atoms in total. The van der Waals surface area contributed by atoms with Crippen molar-refractivity contribution in [1.82, 2.24) is 19.9 Å². The molecule has 176 valence electrons. The van der Waals surface area contributed by atoms with Gasteiger partial charge in [0.15, 0.2) is 5.75 Å². The van der Waals surface area contributed by atoms with Crippen molar-refractivity contribution >= 4 is 46.1 Å². The Balaban J connectivity index is 1.78. The first-order valence-electron chi connectivity index (χ1n) is 10.2. The molecule has 1 fully saturated rings. The summed E-state index contributed by atoms with van der Waals surface area (Å²) in [4.78, 5) is 28.8. The molecule has 12 heteroatoms. The number of halogens is 2. The highest BCUT2D eigenvalue weighted by Crippen LogP contribution is 2.39. The molecule has 1 aromatic carbocycles. The molecule has 0 spiro atoms. The van der Waals surface area contributed by atoms with E-state index in [-0.39, 0.29) is 39.8 Å². The van der Waals surface area contributed by atoms with Crippen molar-refractivity contribution in [1.29, 1.82) is 5.41 Å². The molecule has 0 bridgehead atoms. The van der Waals surface area contributed by atoms with Gasteiger partial charge in [-0.2, -0.15) is 9.97 Å². The van der Waals surface area contributed by atoms with Gasteiger partial charge in [0.05, 0.1) is 18.1 Å². The van der Waals surface area contributed by atoms with Crippen molar-refractivity contribution < 1.29 is 18.7 Å². The van der Waals surface area contributed by atoms with Gasteiger partial charge in [-0.15, -0.1) is 0 Å². The van der Waals surface area contributed by atoms with Gasteiger partial charge in [0.25, 0.3) is 0 Å². The zero-order valence-corrected chi connectivity index (χ0v) is 19.0. The number of rotatable bonds is 6. The molecule has 0 radical (unpaired) electrons. The number of nitrogens with zero attached hydrogens (tertiary/aromatic N) is 5. The highest BCUT2D eigenvalue weighted by atomic mass is 35.5. The molecular formula is C22H21ClFN7O3. The molecule has 3 heterocycles. The highest BCUT2D eigenvalue weighted by molar-refractivity contribution is 6.33. The number of carbonyl (C=O) groups is 1. The summed E-state index contributed by atoms with van der Waals surface area (Å²) in [5.74, 6) is -0.491. The summed E-state index contributed by atoms with van der Waals surface area (Å²) < 4.78 is 25.4. The van der Waals surface area contributed by atoms with E-state index in [1.54, 1.807) is 11.0 Å². The third-order valence-corrected chi connectivity index (χ3v) is 5.73. The van der Waals surface area contributed by atoms with Gasteiger partial charge in [0.1, 0.15) is 22.2 Å². The van der Waals surface area contributed by atoms with E-state index in [9.17, 15) is 9.18 Å². The summed E-state index contributed by atoms with van der Waals surface area (Å²) in [6.07, 6.45) is 3.71. The Labute approximate surface area is 199 Å². The Morgan fingerprint density at radius 3 is 2.71 bits per heavy atom. The van der Waals surface area contributed by atoms with Crippen LogP contribution in [0.25, 0.3) is 10.9 Å². The summed E-state index contributed by atoms with van der Waals surface area (Å²) in [5, 5.41) is 7.91. The lowest BCUT2D eigenvalue weighted by molar-refractivity contribution is -0.126. The molecule has 0 atom stereocenters. The Morgan fingerprint density at radius 2 is 2.06 bits per heavy atom. The molecular weight excluding hydrogens is 465 g/mol. The number of aromatic nitrogens is 3. The van der Waals surface area contributed by atoms with Crippen LogP contribution in [0.15, 0.2) is 31.0 Å². The first-order chi connectivity index (χ1) is 16.4. The molecule has 1 amide bonds. The van der Waals surface area contributed by atoms with E-state index in [1.807, 2.05) is 4.90 Å². The number of hydrogen-bond acceptors (Lipinski definition) is 9. The average molecular weight is 486 g/mol. The minimum absolute atomic E-state index is 0.00743. The molecule has 0 saturated carbocycles. The molecule has 0 aliphatic carbocycles. The van der Waals surface area contributed by atoms with E-state index in [4.69, 9.17) is 32.2 Å². The number of amides is 1. The Kier molecular flexibility index (Phi) is 6.46. The van der Waals surface area contributed by atoms with Crippen molar-refractivity contribution in [2.75, 3.05) is 43.9 Å². The first-order valence-corrected chi connectivity index (χ1v) is 10.6. The molecule has 4 rings (SSSR count). The van der Waals surface area contributed by atoms with Gasteiger partial charge in [0, 0.05) is 44.3 Å². The topological polar surface area (TPSA) is 131 Å². The first kappa shape index (κ1) is 23.2. The summed E-state index contributed by atoms with van der Waals surface area (Å²) in [5.41, 5.74) is 6.23. The van der Waals surface area contributed by atoms with Crippen LogP contribution in [-0.2, 0) is 4.79 Å². The predicted octanol–water partition coefficient (Wildman–Crippen LogP) is 3.03. The number of carbonyl (C=O) groups excluding carboxylic acids is 1. The van der Waals surface area contributed by atoms with Crippen LogP contribution in [0.4, 0.5) is 15.9 Å². The Bertz CT molecular complexity index is 1300. The molecule has 3 N–H and O–H groups in total. The number of fused-ring (bicyclic) bond motifs is 1. The SMILES string of the molecule is C=CC(=O)N1CCN(c2nc(OC)nc3c(Oc4c(Cl)c(F)cc(N)c4C=N)nccc23)CC1. The maximum Gasteiger partial charge on any atom is 0.318 e. The van der Waals surface area contributed by atoms with Crippen molar-refractivity contribution in [3.05, 3.63) is 47.4 Å². The number of nitrogen functional groups attached to an aromatic ring is 1. The number of piperazine rings is 1. The number of benzene rings is 1. The molecule has 1 aliphatic heterocycles. The standard InChI is InChI=1S/C22H21ClFN7O3/c1-3-16(32)30-6-8-31(9-7-30)20-12-4-5-27-21(18(12)28-22(29-20)33-2)34-19-13(11-25)15(26)10-14(24)17(19)23/h3-5,10-11,25H,1,6-9,26H2,2H3. The molecule has 1 saturated heterocycles. The largest absolute Gasteiger partial charge is 0.467 e. The fraction of sp³-hybridized carbons (Fsp3) is 0.227. The molecule has 1 aliphatic rings. The number of pyridine rings is 1. The number of nitrogens with one attached hydrogen (secondary N) is 1. The smallest absolute Gasteiger partial charge is 0.318 e.